The summed E-state index contributed by atoms with van der Waals surface area (Å²) in [6, 6.07) is 20.6. The number of nitrogens with two attached hydrogens (primary N) is 1. The molecule has 0 aliphatic rings. The molecule has 0 aliphatic heterocycles. The molecule has 0 aromatic heterocycles. The van der Waals surface area contributed by atoms with Crippen LogP contribution in [-0.4, -0.2) is 35.8 Å². The second-order valence-corrected chi connectivity index (χ2v) is 12.4. The van der Waals surface area contributed by atoms with Gasteiger partial charge in [-0.25, -0.2) is 0 Å². The van der Waals surface area contributed by atoms with E-state index < -0.39 is 20.1 Å². The Labute approximate surface area is 155 Å². The molecule has 3 N–H and O–H groups in total. The average Bonchev–Trinajstić information content (AvgIpc) is 2.65. The minimum atomic E-state index is -2.04. The van der Waals surface area contributed by atoms with E-state index in [2.05, 4.69) is 62.0 Å². The van der Waals surface area contributed by atoms with E-state index in [1.54, 1.807) is 11.8 Å². The Morgan fingerprint density at radius 2 is 1.56 bits per heavy atom. The fourth-order valence-corrected chi connectivity index (χ4v) is 10.3. The zero-order chi connectivity index (χ0) is 18.3. The summed E-state index contributed by atoms with van der Waals surface area (Å²) >= 11 is 1.74. The van der Waals surface area contributed by atoms with E-state index in [4.69, 9.17) is 10.8 Å². The monoisotopic (exact) mass is 373 g/mol. The van der Waals surface area contributed by atoms with Crippen LogP contribution in [0.1, 0.15) is 19.8 Å². The highest BCUT2D eigenvalue weighted by atomic mass is 32.2. The molecule has 0 saturated heterocycles. The van der Waals surface area contributed by atoms with Crippen LogP contribution in [0.5, 0.6) is 0 Å². The number of hydrogen-bond acceptors (Lipinski definition) is 3. The summed E-state index contributed by atoms with van der Waals surface area (Å²) in [6.45, 7) is 4.59. The number of hydrogen-bond donors (Lipinski definition) is 2. The van der Waals surface area contributed by atoms with Crippen LogP contribution in [0.3, 0.4) is 0 Å². The molecule has 25 heavy (non-hydrogen) atoms. The molecule has 2 rings (SSSR count). The third-order valence-electron chi connectivity index (χ3n) is 4.74. The first kappa shape index (κ1) is 19.8. The molecule has 0 aliphatic carbocycles. The predicted octanol–water partition coefficient (Wildman–Crippen LogP) is 2.73. The van der Waals surface area contributed by atoms with Gasteiger partial charge in [0.2, 0.25) is 0 Å². The van der Waals surface area contributed by atoms with Gasteiger partial charge in [0.1, 0.15) is 14.1 Å². The van der Waals surface area contributed by atoms with E-state index >= 15 is 0 Å². The van der Waals surface area contributed by atoms with Crippen LogP contribution in [0.4, 0.5) is 0 Å². The topological polar surface area (TPSA) is 63.3 Å². The molecule has 2 aromatic rings. The minimum Gasteiger partial charge on any atom is -0.480 e. The molecule has 0 heterocycles. The van der Waals surface area contributed by atoms with Crippen LogP contribution in [0.15, 0.2) is 60.7 Å². The Morgan fingerprint density at radius 1 is 1.08 bits per heavy atom. The number of carboxylic acids is 1. The Morgan fingerprint density at radius 3 is 1.96 bits per heavy atom. The van der Waals surface area contributed by atoms with Crippen LogP contribution in [0, 0.1) is 0 Å². The quantitative estimate of drug-likeness (QED) is 0.664. The lowest BCUT2D eigenvalue weighted by Gasteiger charge is -2.37. The number of rotatable bonds is 9. The van der Waals surface area contributed by atoms with E-state index in [0.29, 0.717) is 10.6 Å². The Hall–Kier alpha value is -1.56. The third kappa shape index (κ3) is 4.75. The standard InChI is InChI=1S/C20H27NO2SSi/c1-3-10-19(24-15-18(21)20(22)23)25(2,16-11-6-4-7-12-16)17-13-8-5-9-14-17/h4-9,11-14,18-19H,3,10,15,21H2,1-2H3,(H,22,23)/t18-,19?/m0/s1. The maximum atomic E-state index is 11.1. The first-order valence-corrected chi connectivity index (χ1v) is 12.3. The molecular formula is C20H27NO2SSi. The van der Waals surface area contributed by atoms with E-state index in [-0.39, 0.29) is 0 Å². The van der Waals surface area contributed by atoms with Gasteiger partial charge in [-0.15, -0.1) is 0 Å². The van der Waals surface area contributed by atoms with Crippen molar-refractivity contribution in [3.05, 3.63) is 60.7 Å². The molecule has 3 nitrogen and oxygen atoms in total. The highest BCUT2D eigenvalue weighted by molar-refractivity contribution is 8.02. The van der Waals surface area contributed by atoms with Crippen LogP contribution in [-0.2, 0) is 4.79 Å². The SMILES string of the molecule is CCCC(SC[C@H](N)C(=O)O)[Si](C)(c1ccccc1)c1ccccc1. The summed E-state index contributed by atoms with van der Waals surface area (Å²) in [5.41, 5.74) is 5.78. The lowest BCUT2D eigenvalue weighted by atomic mass is 10.3. The van der Waals surface area contributed by atoms with Gasteiger partial charge in [0.15, 0.2) is 0 Å². The largest absolute Gasteiger partial charge is 0.480 e. The molecule has 0 spiro atoms. The summed E-state index contributed by atoms with van der Waals surface area (Å²) in [6.07, 6.45) is 2.13. The highest BCUT2D eigenvalue weighted by Gasteiger charge is 2.40. The fourth-order valence-electron chi connectivity index (χ4n) is 3.20. The zero-order valence-corrected chi connectivity index (χ0v) is 16.7. The van der Waals surface area contributed by atoms with Crippen LogP contribution >= 0.6 is 11.8 Å². The van der Waals surface area contributed by atoms with Crippen molar-refractivity contribution in [2.24, 2.45) is 5.73 Å². The molecule has 0 radical (unpaired) electrons. The van der Waals surface area contributed by atoms with Crippen molar-refractivity contribution in [1.82, 2.24) is 0 Å². The minimum absolute atomic E-state index is 0.382. The Kier molecular flexibility index (Phi) is 7.29. The van der Waals surface area contributed by atoms with Crippen molar-refractivity contribution in [3.8, 4) is 0 Å². The summed E-state index contributed by atoms with van der Waals surface area (Å²) in [5.74, 6) is -0.479. The second-order valence-electron chi connectivity index (χ2n) is 6.49. The fraction of sp³-hybridized carbons (Fsp3) is 0.350. The predicted molar refractivity (Wildman–Crippen MR) is 111 cm³/mol. The van der Waals surface area contributed by atoms with E-state index in [1.807, 2.05) is 12.1 Å². The van der Waals surface area contributed by atoms with Gasteiger partial charge in [-0.05, 0) is 6.42 Å². The molecule has 0 amide bonds. The number of benzene rings is 2. The maximum Gasteiger partial charge on any atom is 0.321 e. The van der Waals surface area contributed by atoms with Gasteiger partial charge >= 0.3 is 5.97 Å². The summed E-state index contributed by atoms with van der Waals surface area (Å²) in [7, 11) is -2.04. The van der Waals surface area contributed by atoms with Gasteiger partial charge in [0.25, 0.3) is 0 Å². The van der Waals surface area contributed by atoms with Gasteiger partial charge in [-0.1, -0.05) is 90.9 Å². The number of thioether (sulfide) groups is 1. The smallest absolute Gasteiger partial charge is 0.321 e. The lowest BCUT2D eigenvalue weighted by molar-refractivity contribution is -0.137. The summed E-state index contributed by atoms with van der Waals surface area (Å²) in [5, 5.41) is 11.9. The molecule has 2 atom stereocenters. The van der Waals surface area contributed by atoms with E-state index in [1.165, 1.54) is 10.4 Å². The third-order valence-corrected chi connectivity index (χ3v) is 12.5. The first-order valence-electron chi connectivity index (χ1n) is 8.71. The molecule has 0 saturated carbocycles. The number of aliphatic carboxylic acids is 1. The molecule has 134 valence electrons. The second kappa shape index (κ2) is 9.22. The summed E-state index contributed by atoms with van der Waals surface area (Å²) < 4.78 is 0. The normalized spacial score (nSPS) is 14.0. The van der Waals surface area contributed by atoms with Crippen molar-refractivity contribution in [2.45, 2.75) is 37.2 Å². The van der Waals surface area contributed by atoms with Crippen molar-refractivity contribution in [3.63, 3.8) is 0 Å². The highest BCUT2D eigenvalue weighted by Crippen LogP contribution is 2.27. The zero-order valence-electron chi connectivity index (χ0n) is 14.9. The van der Waals surface area contributed by atoms with Crippen LogP contribution in [0.2, 0.25) is 6.55 Å². The van der Waals surface area contributed by atoms with Gasteiger partial charge in [0.05, 0.1) is 0 Å². The van der Waals surface area contributed by atoms with Gasteiger partial charge in [-0.3, -0.25) is 4.79 Å². The van der Waals surface area contributed by atoms with Crippen molar-refractivity contribution >= 4 is 36.2 Å². The summed E-state index contributed by atoms with van der Waals surface area (Å²) in [4.78, 5) is 11.5. The van der Waals surface area contributed by atoms with Crippen molar-refractivity contribution < 1.29 is 9.90 Å². The molecule has 1 unspecified atom stereocenters. The van der Waals surface area contributed by atoms with Gasteiger partial charge in [0, 0.05) is 10.6 Å². The molecule has 0 fully saturated rings. The van der Waals surface area contributed by atoms with E-state index in [0.717, 1.165) is 12.8 Å². The average molecular weight is 374 g/mol. The van der Waals surface area contributed by atoms with Crippen molar-refractivity contribution in [1.29, 1.82) is 0 Å². The molecule has 2 aromatic carbocycles. The molecular weight excluding hydrogens is 346 g/mol. The van der Waals surface area contributed by atoms with E-state index in [9.17, 15) is 4.79 Å². The van der Waals surface area contributed by atoms with Gasteiger partial charge in [-0.2, -0.15) is 11.8 Å². The Balaban J connectivity index is 2.42. The molecule has 5 heteroatoms. The first-order chi connectivity index (χ1) is 12.0. The number of carbonyl (C=O) groups is 1. The van der Waals surface area contributed by atoms with Crippen LogP contribution in [0.25, 0.3) is 0 Å². The number of carboxylic acid groups (broad SMARTS) is 1. The van der Waals surface area contributed by atoms with Crippen LogP contribution < -0.4 is 16.1 Å². The Bertz CT molecular complexity index is 626. The maximum absolute atomic E-state index is 11.1. The van der Waals surface area contributed by atoms with Gasteiger partial charge < -0.3 is 10.8 Å². The van der Waals surface area contributed by atoms with Crippen molar-refractivity contribution in [2.75, 3.05) is 5.75 Å². The molecule has 0 bridgehead atoms. The lowest BCUT2D eigenvalue weighted by Crippen LogP contribution is -2.63.